The van der Waals surface area contributed by atoms with Crippen LogP contribution in [0.5, 0.6) is 0 Å². The van der Waals surface area contributed by atoms with E-state index in [1.165, 1.54) is 52.1 Å². The van der Waals surface area contributed by atoms with Gasteiger partial charge in [-0.15, -0.1) is 11.5 Å². The van der Waals surface area contributed by atoms with Gasteiger partial charge in [0.15, 0.2) is 0 Å². The number of halogens is 6. The normalized spacial score (nSPS) is 13.9. The Bertz CT molecular complexity index is 1530. The van der Waals surface area contributed by atoms with Crippen LogP contribution in [0.15, 0.2) is 60.3 Å². The lowest BCUT2D eigenvalue weighted by atomic mass is 9.99. The molecule has 2 amide bonds. The van der Waals surface area contributed by atoms with Crippen molar-refractivity contribution in [2.45, 2.75) is 51.0 Å². The van der Waals surface area contributed by atoms with E-state index in [1.807, 2.05) is 0 Å². The van der Waals surface area contributed by atoms with Crippen LogP contribution in [-0.2, 0) is 31.6 Å². The fourth-order valence-electron chi connectivity index (χ4n) is 4.98. The van der Waals surface area contributed by atoms with E-state index in [-0.39, 0.29) is 55.0 Å². The Labute approximate surface area is 242 Å². The number of fused-ring (bicyclic) bond motifs is 1. The maximum absolute atomic E-state index is 14.7. The summed E-state index contributed by atoms with van der Waals surface area (Å²) in [6, 6.07) is 8.27. The molecule has 4 rings (SSSR count). The number of nitrogens with zero attached hydrogens (tertiary/aromatic N) is 4. The molecule has 43 heavy (non-hydrogen) atoms. The third-order valence-corrected chi connectivity index (χ3v) is 7.00. The average molecular weight is 608 g/mol. The van der Waals surface area contributed by atoms with Crippen LogP contribution in [0.3, 0.4) is 0 Å². The molecule has 1 N–H and O–H groups in total. The van der Waals surface area contributed by atoms with Crippen molar-refractivity contribution in [3.63, 3.8) is 0 Å². The van der Waals surface area contributed by atoms with Gasteiger partial charge in [0, 0.05) is 30.8 Å². The molecule has 0 saturated carbocycles. The summed E-state index contributed by atoms with van der Waals surface area (Å²) in [6.45, 7) is 3.65. The number of carbonyl (C=O) groups is 2. The molecule has 1 aliphatic heterocycles. The van der Waals surface area contributed by atoms with E-state index in [9.17, 15) is 40.8 Å². The first-order valence-electron chi connectivity index (χ1n) is 13.2. The maximum atomic E-state index is 14.7. The molecule has 0 bridgehead atoms. The molecule has 1 aromatic heterocycles. The number of aromatic nitrogens is 2. The highest BCUT2D eigenvalue weighted by Gasteiger charge is 2.41. The van der Waals surface area contributed by atoms with E-state index >= 15 is 0 Å². The maximum Gasteiger partial charge on any atom is 0.416 e. The highest BCUT2D eigenvalue weighted by Crippen LogP contribution is 2.39. The predicted molar refractivity (Wildman–Crippen MR) is 146 cm³/mol. The van der Waals surface area contributed by atoms with Crippen LogP contribution >= 0.6 is 0 Å². The lowest BCUT2D eigenvalue weighted by Crippen LogP contribution is -2.31. The van der Waals surface area contributed by atoms with Gasteiger partial charge < -0.3 is 10.2 Å². The molecule has 2 heterocycles. The highest BCUT2D eigenvalue weighted by atomic mass is 19.4. The first-order valence-corrected chi connectivity index (χ1v) is 13.2. The Morgan fingerprint density at radius 2 is 1.81 bits per heavy atom. The van der Waals surface area contributed by atoms with E-state index in [2.05, 4.69) is 22.2 Å². The monoisotopic (exact) mass is 607 g/mol. The number of alkyl halides is 6. The van der Waals surface area contributed by atoms with Crippen molar-refractivity contribution in [3.8, 4) is 0 Å². The van der Waals surface area contributed by atoms with E-state index < -0.39 is 53.5 Å². The SMILES string of the molecule is C=CC(NC(=O)c1c(C(C)(F)F)nn2c1N(Cc1ccc(CCCF)c(C(F)(F)F)c1)CC2)c1ccc(C(=O)N=O)cc1. The number of rotatable bonds is 11. The molecule has 3 aromatic rings. The van der Waals surface area contributed by atoms with Gasteiger partial charge in [0.2, 0.25) is 0 Å². The zero-order chi connectivity index (χ0) is 31.5. The lowest BCUT2D eigenvalue weighted by Gasteiger charge is -2.22. The molecule has 1 atom stereocenters. The third-order valence-electron chi connectivity index (χ3n) is 7.00. The number of aryl methyl sites for hydroxylation is 1. The second-order valence-electron chi connectivity index (χ2n) is 10.1. The standard InChI is InChI=1S/C29H27F6N5O3/c1-3-22(19-8-10-20(11-9-19)25(41)38-43)36-26(42)23-24(28(2,31)32)37-40-14-13-39(27(23)40)16-17-6-7-18(5-4-12-30)21(15-17)29(33,34)35/h3,6-11,15,22H,1,4-5,12-14,16H2,2H3,(H,36,42). The number of amides is 2. The van der Waals surface area contributed by atoms with Crippen LogP contribution in [0.25, 0.3) is 0 Å². The Balaban J connectivity index is 1.67. The Morgan fingerprint density at radius 1 is 1.12 bits per heavy atom. The van der Waals surface area contributed by atoms with E-state index in [1.54, 1.807) is 0 Å². The number of nitroso groups, excluding NO2 is 1. The minimum atomic E-state index is -4.69. The van der Waals surface area contributed by atoms with Crippen LogP contribution in [-0.4, -0.2) is 34.8 Å². The molecule has 228 valence electrons. The molecular weight excluding hydrogens is 580 g/mol. The summed E-state index contributed by atoms with van der Waals surface area (Å²) in [6.07, 6.45) is -3.52. The summed E-state index contributed by atoms with van der Waals surface area (Å²) >= 11 is 0. The minimum Gasteiger partial charge on any atom is -0.350 e. The summed E-state index contributed by atoms with van der Waals surface area (Å²) in [5.74, 6) is -5.44. The summed E-state index contributed by atoms with van der Waals surface area (Å²) < 4.78 is 84.6. The zero-order valence-electron chi connectivity index (χ0n) is 22.9. The van der Waals surface area contributed by atoms with Crippen molar-refractivity contribution in [2.24, 2.45) is 5.18 Å². The fourth-order valence-corrected chi connectivity index (χ4v) is 4.98. The topological polar surface area (TPSA) is 96.7 Å². The van der Waals surface area contributed by atoms with Crippen LogP contribution in [0.4, 0.5) is 32.2 Å². The van der Waals surface area contributed by atoms with Crippen LogP contribution in [0.2, 0.25) is 0 Å². The van der Waals surface area contributed by atoms with E-state index in [0.717, 1.165) is 6.07 Å². The second kappa shape index (κ2) is 12.4. The zero-order valence-corrected chi connectivity index (χ0v) is 22.9. The van der Waals surface area contributed by atoms with Gasteiger partial charge in [0.05, 0.1) is 24.8 Å². The summed E-state index contributed by atoms with van der Waals surface area (Å²) in [5, 5.41) is 8.92. The molecule has 0 fully saturated rings. The predicted octanol–water partition coefficient (Wildman–Crippen LogP) is 6.50. The van der Waals surface area contributed by atoms with Gasteiger partial charge in [0.25, 0.3) is 11.8 Å². The molecule has 8 nitrogen and oxygen atoms in total. The summed E-state index contributed by atoms with van der Waals surface area (Å²) in [7, 11) is 0. The van der Waals surface area contributed by atoms with Gasteiger partial charge in [0.1, 0.15) is 17.1 Å². The number of nitrogens with one attached hydrogen (secondary N) is 1. The molecule has 1 unspecified atom stereocenters. The first kappa shape index (κ1) is 31.4. The lowest BCUT2D eigenvalue weighted by molar-refractivity contribution is -0.138. The second-order valence-corrected chi connectivity index (χ2v) is 10.1. The third kappa shape index (κ3) is 6.78. The number of hydrogen-bond donors (Lipinski definition) is 1. The van der Waals surface area contributed by atoms with Gasteiger partial charge in [-0.1, -0.05) is 30.3 Å². The molecule has 0 saturated heterocycles. The van der Waals surface area contributed by atoms with Gasteiger partial charge in [-0.05, 0) is 47.7 Å². The van der Waals surface area contributed by atoms with Crippen molar-refractivity contribution in [1.82, 2.24) is 15.1 Å². The summed E-state index contributed by atoms with van der Waals surface area (Å²) in [5.41, 5.74) is -1.56. The molecule has 0 aliphatic carbocycles. The summed E-state index contributed by atoms with van der Waals surface area (Å²) in [4.78, 5) is 37.1. The molecule has 0 spiro atoms. The van der Waals surface area contributed by atoms with Crippen molar-refractivity contribution in [1.29, 1.82) is 0 Å². The van der Waals surface area contributed by atoms with Crippen molar-refractivity contribution in [2.75, 3.05) is 18.1 Å². The van der Waals surface area contributed by atoms with Crippen LogP contribution < -0.4 is 10.2 Å². The van der Waals surface area contributed by atoms with Gasteiger partial charge in [-0.25, -0.2) is 4.68 Å². The highest BCUT2D eigenvalue weighted by molar-refractivity contribution is 6.01. The molecule has 0 radical (unpaired) electrons. The molecule has 1 aliphatic rings. The molecule has 2 aromatic carbocycles. The number of carbonyl (C=O) groups excluding carboxylic acids is 2. The van der Waals surface area contributed by atoms with E-state index in [4.69, 9.17) is 0 Å². The fraction of sp³-hybridized carbons (Fsp3) is 0.345. The number of benzene rings is 2. The number of hydrogen-bond acceptors (Lipinski definition) is 5. The number of anilines is 1. The van der Waals surface area contributed by atoms with Gasteiger partial charge in [-0.2, -0.15) is 27.1 Å². The average Bonchev–Trinajstić information content (AvgIpc) is 3.54. The largest absolute Gasteiger partial charge is 0.416 e. The minimum absolute atomic E-state index is 0.00928. The van der Waals surface area contributed by atoms with Crippen LogP contribution in [0, 0.1) is 4.91 Å². The quantitative estimate of drug-likeness (QED) is 0.153. The van der Waals surface area contributed by atoms with Crippen molar-refractivity contribution < 1.29 is 35.9 Å². The van der Waals surface area contributed by atoms with Crippen molar-refractivity contribution >= 4 is 17.6 Å². The molecular formula is C29H27F6N5O3. The van der Waals surface area contributed by atoms with Crippen LogP contribution in [0.1, 0.15) is 68.1 Å². The Hall–Kier alpha value is -4.49. The van der Waals surface area contributed by atoms with Gasteiger partial charge in [-0.3, -0.25) is 14.0 Å². The van der Waals surface area contributed by atoms with E-state index in [0.29, 0.717) is 12.5 Å². The van der Waals surface area contributed by atoms with Gasteiger partial charge >= 0.3 is 12.1 Å². The smallest absolute Gasteiger partial charge is 0.350 e. The van der Waals surface area contributed by atoms with Crippen molar-refractivity contribution in [3.05, 3.63) is 99.1 Å². The molecule has 14 heteroatoms. The first-order chi connectivity index (χ1) is 20.3. The Morgan fingerprint density at radius 3 is 2.40 bits per heavy atom. The Kier molecular flexibility index (Phi) is 9.07.